The molecule has 14 nitrogen and oxygen atoms in total. The molecule has 11 unspecified atom stereocenters. The molecule has 0 aromatic heterocycles. The summed E-state index contributed by atoms with van der Waals surface area (Å²) in [5.41, 5.74) is -1.83. The zero-order chi connectivity index (χ0) is 33.9. The van der Waals surface area contributed by atoms with Crippen LogP contribution in [0.25, 0.3) is 0 Å². The number of hydrogen-bond donors (Lipinski definition) is 7. The van der Waals surface area contributed by atoms with E-state index in [1.807, 2.05) is 6.92 Å². The van der Waals surface area contributed by atoms with Gasteiger partial charge in [-0.05, 0) is 26.2 Å². The van der Waals surface area contributed by atoms with Crippen molar-refractivity contribution >= 4 is 11.9 Å². The van der Waals surface area contributed by atoms with E-state index >= 15 is 0 Å². The quantitative estimate of drug-likeness (QED) is 0.0516. The van der Waals surface area contributed by atoms with E-state index in [4.69, 9.17) is 23.7 Å². The molecular weight excluding hydrogens is 608 g/mol. The Kier molecular flexibility index (Phi) is 15.8. The number of carboxylic acids is 1. The van der Waals surface area contributed by atoms with Crippen molar-refractivity contribution in [1.29, 1.82) is 0 Å². The summed E-state index contributed by atoms with van der Waals surface area (Å²) < 4.78 is 27.3. The van der Waals surface area contributed by atoms with Gasteiger partial charge in [0.25, 0.3) is 0 Å². The second kappa shape index (κ2) is 18.7. The van der Waals surface area contributed by atoms with Crippen LogP contribution in [0.1, 0.15) is 90.4 Å². The maximum absolute atomic E-state index is 11.6. The molecule has 3 saturated heterocycles. The lowest BCUT2D eigenvalue weighted by atomic mass is 9.93. The number of carboxylic acid groups (broad SMARTS) is 1. The molecule has 0 amide bonds. The zero-order valence-electron chi connectivity index (χ0n) is 26.8. The number of unbranched alkanes of at least 4 members (excludes halogenated alkanes) is 10. The number of aliphatic carboxylic acids is 1. The van der Waals surface area contributed by atoms with Crippen LogP contribution < -0.4 is 0 Å². The predicted octanol–water partition coefficient (Wildman–Crippen LogP) is 0.910. The number of carbonyl (C=O) groups excluding carboxylic acids is 1. The predicted molar refractivity (Wildman–Crippen MR) is 161 cm³/mol. The van der Waals surface area contributed by atoms with Gasteiger partial charge in [-0.2, -0.15) is 0 Å². The number of rotatable bonds is 21. The van der Waals surface area contributed by atoms with Gasteiger partial charge in [0, 0.05) is 5.57 Å². The number of hydrogen-bond acceptors (Lipinski definition) is 13. The van der Waals surface area contributed by atoms with E-state index in [2.05, 4.69) is 6.58 Å². The fraction of sp³-hybridized carbons (Fsp3) is 0.875. The van der Waals surface area contributed by atoms with Crippen molar-refractivity contribution in [2.24, 2.45) is 5.92 Å². The van der Waals surface area contributed by atoms with Crippen LogP contribution in [0.5, 0.6) is 0 Å². The summed E-state index contributed by atoms with van der Waals surface area (Å²) in [6.07, 6.45) is 2.38. The molecular formula is C32H54O14. The average molecular weight is 663 g/mol. The van der Waals surface area contributed by atoms with Gasteiger partial charge in [-0.3, -0.25) is 4.79 Å². The Morgan fingerprint density at radius 3 is 2.07 bits per heavy atom. The Balaban J connectivity index is 1.20. The van der Waals surface area contributed by atoms with Gasteiger partial charge in [-0.25, -0.2) is 4.79 Å². The lowest BCUT2D eigenvalue weighted by molar-refractivity contribution is -0.317. The van der Waals surface area contributed by atoms with Gasteiger partial charge in [-0.1, -0.05) is 70.8 Å². The monoisotopic (exact) mass is 662 g/mol. The lowest BCUT2D eigenvalue weighted by Gasteiger charge is -2.41. The Morgan fingerprint density at radius 1 is 0.913 bits per heavy atom. The van der Waals surface area contributed by atoms with Gasteiger partial charge in [0.15, 0.2) is 12.6 Å². The van der Waals surface area contributed by atoms with E-state index in [0.717, 1.165) is 77.0 Å². The summed E-state index contributed by atoms with van der Waals surface area (Å²) in [5, 5.41) is 69.9. The van der Waals surface area contributed by atoms with Crippen molar-refractivity contribution in [2.75, 3.05) is 19.8 Å². The van der Waals surface area contributed by atoms with Crippen molar-refractivity contribution in [1.82, 2.24) is 0 Å². The van der Waals surface area contributed by atoms with Crippen LogP contribution in [0.3, 0.4) is 0 Å². The first kappa shape index (κ1) is 38.7. The maximum Gasteiger partial charge on any atom is 0.334 e. The number of aliphatic hydroxyl groups excluding tert-OH is 5. The summed E-state index contributed by atoms with van der Waals surface area (Å²) in [4.78, 5) is 23.0. The van der Waals surface area contributed by atoms with Gasteiger partial charge in [0.2, 0.25) is 0 Å². The summed E-state index contributed by atoms with van der Waals surface area (Å²) in [5.74, 6) is -2.59. The Hall–Kier alpha value is -1.72. The number of cyclic esters (lactones) is 1. The van der Waals surface area contributed by atoms with Crippen molar-refractivity contribution in [3.05, 3.63) is 12.2 Å². The van der Waals surface area contributed by atoms with Crippen LogP contribution in [0.2, 0.25) is 0 Å². The number of ether oxygens (including phenoxy) is 5. The molecule has 0 bridgehead atoms. The number of esters is 1. The largest absolute Gasteiger partial charge is 0.481 e. The topological polar surface area (TPSA) is 222 Å². The van der Waals surface area contributed by atoms with Crippen LogP contribution in [-0.4, -0.2) is 128 Å². The third kappa shape index (κ3) is 10.6. The molecule has 14 heteroatoms. The SMILES string of the molecule is C=C1C(=O)OC(CCCCCCCCCCCCCC(C)OC2OC(COC3OCC(O)(CO)C3O)C(O)C(O)C2O)C1C(=O)O. The molecule has 11 atom stereocenters. The minimum Gasteiger partial charge on any atom is -0.481 e. The number of carbonyl (C=O) groups is 2. The minimum absolute atomic E-state index is 0.0356. The van der Waals surface area contributed by atoms with Gasteiger partial charge < -0.3 is 59.4 Å². The summed E-state index contributed by atoms with van der Waals surface area (Å²) in [6.45, 7) is 4.00. The molecule has 0 radical (unpaired) electrons. The smallest absolute Gasteiger partial charge is 0.334 e. The second-order valence-electron chi connectivity index (χ2n) is 12.9. The molecule has 3 aliphatic heterocycles. The van der Waals surface area contributed by atoms with Crippen LogP contribution in [0.4, 0.5) is 0 Å². The van der Waals surface area contributed by atoms with Gasteiger partial charge in [0.05, 0.1) is 25.9 Å². The molecule has 3 aliphatic rings. The fourth-order valence-electron chi connectivity index (χ4n) is 6.12. The number of aliphatic hydroxyl groups is 6. The average Bonchev–Trinajstić information content (AvgIpc) is 3.48. The van der Waals surface area contributed by atoms with Crippen LogP contribution in [0.15, 0.2) is 12.2 Å². The van der Waals surface area contributed by atoms with E-state index in [9.17, 15) is 45.3 Å². The van der Waals surface area contributed by atoms with E-state index in [-0.39, 0.29) is 24.9 Å². The highest BCUT2D eigenvalue weighted by molar-refractivity contribution is 5.97. The molecule has 0 spiro atoms. The molecule has 0 aromatic rings. The summed E-state index contributed by atoms with van der Waals surface area (Å²) in [7, 11) is 0. The van der Waals surface area contributed by atoms with E-state index < -0.39 is 79.3 Å². The summed E-state index contributed by atoms with van der Waals surface area (Å²) in [6, 6.07) is 0. The molecule has 0 aromatic carbocycles. The third-order valence-corrected chi connectivity index (χ3v) is 9.17. The highest BCUT2D eigenvalue weighted by Gasteiger charge is 2.50. The Bertz CT molecular complexity index is 963. The molecule has 3 fully saturated rings. The van der Waals surface area contributed by atoms with Crippen molar-refractivity contribution in [3.63, 3.8) is 0 Å². The zero-order valence-corrected chi connectivity index (χ0v) is 26.8. The molecule has 3 heterocycles. The molecule has 266 valence electrons. The first-order chi connectivity index (χ1) is 21.9. The highest BCUT2D eigenvalue weighted by Crippen LogP contribution is 2.31. The van der Waals surface area contributed by atoms with Gasteiger partial charge in [0.1, 0.15) is 48.1 Å². The molecule has 7 N–H and O–H groups in total. The normalized spacial score (nSPS) is 35.4. The Labute approximate surface area is 270 Å². The van der Waals surface area contributed by atoms with E-state index in [1.54, 1.807) is 0 Å². The van der Waals surface area contributed by atoms with Crippen LogP contribution >= 0.6 is 0 Å². The second-order valence-corrected chi connectivity index (χ2v) is 12.9. The first-order valence-corrected chi connectivity index (χ1v) is 16.6. The van der Waals surface area contributed by atoms with Gasteiger partial charge in [-0.15, -0.1) is 0 Å². The maximum atomic E-state index is 11.6. The van der Waals surface area contributed by atoms with E-state index in [0.29, 0.717) is 6.42 Å². The van der Waals surface area contributed by atoms with Gasteiger partial charge >= 0.3 is 11.9 Å². The first-order valence-electron chi connectivity index (χ1n) is 16.6. The molecule has 46 heavy (non-hydrogen) atoms. The van der Waals surface area contributed by atoms with Crippen molar-refractivity contribution < 1.29 is 69.0 Å². The Morgan fingerprint density at radius 2 is 1.50 bits per heavy atom. The molecule has 0 saturated carbocycles. The van der Waals surface area contributed by atoms with Crippen molar-refractivity contribution in [2.45, 2.75) is 151 Å². The van der Waals surface area contributed by atoms with Crippen LogP contribution in [-0.2, 0) is 33.3 Å². The highest BCUT2D eigenvalue weighted by atomic mass is 16.7. The minimum atomic E-state index is -1.86. The van der Waals surface area contributed by atoms with E-state index in [1.165, 1.54) is 0 Å². The third-order valence-electron chi connectivity index (χ3n) is 9.17. The van der Waals surface area contributed by atoms with Crippen LogP contribution in [0, 0.1) is 5.92 Å². The lowest BCUT2D eigenvalue weighted by Crippen LogP contribution is -2.60. The fourth-order valence-corrected chi connectivity index (χ4v) is 6.12. The molecule has 0 aliphatic carbocycles. The summed E-state index contributed by atoms with van der Waals surface area (Å²) >= 11 is 0. The standard InChI is InChI=1S/C32H54O14/c1-19(44-30-26(36)25(35)24(34)22(46-30)16-42-31-27(37)32(41,17-33)18-43-31)14-12-10-8-6-4-3-5-7-9-11-13-15-21-23(28(38)39)20(2)29(40)45-21/h19,21-27,30-31,33-37,41H,2-18H2,1H3,(H,38,39). The molecule has 3 rings (SSSR count). The van der Waals surface area contributed by atoms with Crippen molar-refractivity contribution in [3.8, 4) is 0 Å².